The van der Waals surface area contributed by atoms with Crippen LogP contribution in [0.1, 0.15) is 18.9 Å². The molecule has 1 nitrogen and oxygen atoms in total. The van der Waals surface area contributed by atoms with Gasteiger partial charge in [0, 0.05) is 6.21 Å². The van der Waals surface area contributed by atoms with Gasteiger partial charge in [-0.25, -0.2) is 0 Å². The highest BCUT2D eigenvalue weighted by Gasteiger charge is 2.26. The standard InChI is InChI=1S/C26H24NP/c1-21(27-20-22-12-5-2-6-13-22)25-18-11-19-26(25)28(23-14-7-3-8-15-23)24-16-9-4-10-17-24/h2-10,12-21H,11H2,1H3/b27-20+/t21-/m1/s1. The summed E-state index contributed by atoms with van der Waals surface area (Å²) in [4.78, 5) is 4.87. The van der Waals surface area contributed by atoms with Crippen molar-refractivity contribution in [3.05, 3.63) is 120 Å². The summed E-state index contributed by atoms with van der Waals surface area (Å²) in [5.41, 5.74) is 2.51. The largest absolute Gasteiger partial charge is 0.285 e. The van der Waals surface area contributed by atoms with E-state index in [0.717, 1.165) is 12.0 Å². The van der Waals surface area contributed by atoms with Gasteiger partial charge in [-0.15, -0.1) is 0 Å². The van der Waals surface area contributed by atoms with Crippen LogP contribution in [0.4, 0.5) is 0 Å². The first kappa shape index (κ1) is 18.6. The molecule has 0 heterocycles. The number of aliphatic imine (C=N–C) groups is 1. The average Bonchev–Trinajstić information content (AvgIpc) is 3.24. The minimum Gasteiger partial charge on any atom is -0.285 e. The minimum absolute atomic E-state index is 0.145. The van der Waals surface area contributed by atoms with Crippen molar-refractivity contribution < 1.29 is 0 Å². The van der Waals surface area contributed by atoms with Crippen LogP contribution >= 0.6 is 7.92 Å². The summed E-state index contributed by atoms with van der Waals surface area (Å²) in [7, 11) is -0.570. The number of rotatable bonds is 6. The fourth-order valence-corrected chi connectivity index (χ4v) is 6.14. The van der Waals surface area contributed by atoms with Crippen LogP contribution in [-0.2, 0) is 0 Å². The SMILES string of the molecule is C[C@@H](/N=C/c1ccccc1)C1=CCC=C1P(c1ccccc1)c1ccccc1. The third-order valence-electron chi connectivity index (χ3n) is 4.91. The van der Waals surface area contributed by atoms with E-state index in [2.05, 4.69) is 104 Å². The molecule has 1 atom stereocenters. The number of nitrogens with zero attached hydrogens (tertiary/aromatic N) is 1. The van der Waals surface area contributed by atoms with Crippen molar-refractivity contribution in [1.29, 1.82) is 0 Å². The second-order valence-corrected chi connectivity index (χ2v) is 9.04. The van der Waals surface area contributed by atoms with E-state index in [9.17, 15) is 0 Å². The molecule has 0 radical (unpaired) electrons. The van der Waals surface area contributed by atoms with E-state index in [0.29, 0.717) is 0 Å². The van der Waals surface area contributed by atoms with E-state index in [1.54, 1.807) is 0 Å². The van der Waals surface area contributed by atoms with Crippen molar-refractivity contribution in [3.8, 4) is 0 Å². The fraction of sp³-hybridized carbons (Fsp3) is 0.115. The van der Waals surface area contributed by atoms with Gasteiger partial charge in [-0.1, -0.05) is 103 Å². The van der Waals surface area contributed by atoms with E-state index in [1.807, 2.05) is 12.3 Å². The molecule has 0 saturated carbocycles. The van der Waals surface area contributed by atoms with Crippen LogP contribution in [0.15, 0.2) is 119 Å². The number of hydrogen-bond donors (Lipinski definition) is 0. The van der Waals surface area contributed by atoms with Gasteiger partial charge in [-0.05, 0) is 48.3 Å². The lowest BCUT2D eigenvalue weighted by Crippen LogP contribution is -2.15. The highest BCUT2D eigenvalue weighted by molar-refractivity contribution is 7.77. The number of allylic oxidation sites excluding steroid dienone is 2. The summed E-state index contributed by atoms with van der Waals surface area (Å²) in [6.45, 7) is 2.20. The summed E-state index contributed by atoms with van der Waals surface area (Å²) in [6.07, 6.45) is 7.74. The van der Waals surface area contributed by atoms with Gasteiger partial charge in [0.05, 0.1) is 6.04 Å². The maximum atomic E-state index is 4.87. The quantitative estimate of drug-likeness (QED) is 0.376. The molecular weight excluding hydrogens is 357 g/mol. The molecule has 0 aromatic heterocycles. The van der Waals surface area contributed by atoms with E-state index < -0.39 is 7.92 Å². The first-order chi connectivity index (χ1) is 13.8. The first-order valence-electron chi connectivity index (χ1n) is 9.72. The van der Waals surface area contributed by atoms with E-state index >= 15 is 0 Å². The molecule has 1 aliphatic carbocycles. The van der Waals surface area contributed by atoms with Crippen LogP contribution in [0, 0.1) is 0 Å². The van der Waals surface area contributed by atoms with Gasteiger partial charge in [0.15, 0.2) is 0 Å². The van der Waals surface area contributed by atoms with Crippen molar-refractivity contribution >= 4 is 24.7 Å². The Morgan fingerprint density at radius 1 is 0.750 bits per heavy atom. The van der Waals surface area contributed by atoms with Gasteiger partial charge in [-0.2, -0.15) is 0 Å². The second-order valence-electron chi connectivity index (χ2n) is 6.86. The summed E-state index contributed by atoms with van der Waals surface area (Å²) in [5.74, 6) is 0. The van der Waals surface area contributed by atoms with E-state index in [-0.39, 0.29) is 6.04 Å². The summed E-state index contributed by atoms with van der Waals surface area (Å²) < 4.78 is 0. The minimum atomic E-state index is -0.570. The maximum Gasteiger partial charge on any atom is 0.0724 e. The molecule has 3 aromatic carbocycles. The molecule has 0 fully saturated rings. The van der Waals surface area contributed by atoms with Gasteiger partial charge in [-0.3, -0.25) is 4.99 Å². The summed E-state index contributed by atoms with van der Waals surface area (Å²) >= 11 is 0. The van der Waals surface area contributed by atoms with Crippen molar-refractivity contribution in [2.75, 3.05) is 0 Å². The van der Waals surface area contributed by atoms with Gasteiger partial charge in [0.2, 0.25) is 0 Å². The zero-order chi connectivity index (χ0) is 19.2. The maximum absolute atomic E-state index is 4.87. The molecule has 0 N–H and O–H groups in total. The second kappa shape index (κ2) is 8.95. The molecule has 3 aromatic rings. The highest BCUT2D eigenvalue weighted by Crippen LogP contribution is 2.49. The van der Waals surface area contributed by atoms with Crippen LogP contribution in [0.2, 0.25) is 0 Å². The molecule has 0 aliphatic heterocycles. The van der Waals surface area contributed by atoms with Gasteiger partial charge in [0.25, 0.3) is 0 Å². The summed E-state index contributed by atoms with van der Waals surface area (Å²) in [5, 5.41) is 4.23. The lowest BCUT2D eigenvalue weighted by Gasteiger charge is -2.24. The third kappa shape index (κ3) is 4.21. The van der Waals surface area contributed by atoms with Crippen LogP contribution < -0.4 is 10.6 Å². The molecule has 28 heavy (non-hydrogen) atoms. The monoisotopic (exact) mass is 381 g/mol. The van der Waals surface area contributed by atoms with Crippen LogP contribution in [0.5, 0.6) is 0 Å². The number of hydrogen-bond acceptors (Lipinski definition) is 1. The molecule has 4 rings (SSSR count). The molecule has 138 valence electrons. The van der Waals surface area contributed by atoms with Crippen LogP contribution in [-0.4, -0.2) is 12.3 Å². The lowest BCUT2D eigenvalue weighted by molar-refractivity contribution is 0.889. The molecule has 0 bridgehead atoms. The summed E-state index contributed by atoms with van der Waals surface area (Å²) in [6, 6.07) is 32.3. The van der Waals surface area contributed by atoms with Gasteiger partial charge < -0.3 is 0 Å². The molecule has 1 aliphatic rings. The molecule has 0 amide bonds. The fourth-order valence-electron chi connectivity index (χ4n) is 3.52. The van der Waals surface area contributed by atoms with Gasteiger partial charge >= 0.3 is 0 Å². The molecule has 0 saturated heterocycles. The predicted octanol–water partition coefficient (Wildman–Crippen LogP) is 5.84. The van der Waals surface area contributed by atoms with Crippen molar-refractivity contribution in [3.63, 3.8) is 0 Å². The van der Waals surface area contributed by atoms with Crippen molar-refractivity contribution in [2.24, 2.45) is 4.99 Å². The normalized spacial score (nSPS) is 14.9. The topological polar surface area (TPSA) is 12.4 Å². The number of benzene rings is 3. The Labute approximate surface area is 168 Å². The predicted molar refractivity (Wildman–Crippen MR) is 123 cm³/mol. The zero-order valence-corrected chi connectivity index (χ0v) is 17.0. The molecule has 0 spiro atoms. The Morgan fingerprint density at radius 2 is 1.29 bits per heavy atom. The molecule has 2 heteroatoms. The molecule has 0 unspecified atom stereocenters. The Bertz CT molecular complexity index is 949. The first-order valence-corrected chi connectivity index (χ1v) is 11.1. The Kier molecular flexibility index (Phi) is 5.95. The zero-order valence-electron chi connectivity index (χ0n) is 16.1. The van der Waals surface area contributed by atoms with Crippen LogP contribution in [0.3, 0.4) is 0 Å². The van der Waals surface area contributed by atoms with E-state index in [4.69, 9.17) is 4.99 Å². The van der Waals surface area contributed by atoms with E-state index in [1.165, 1.54) is 21.5 Å². The average molecular weight is 381 g/mol. The third-order valence-corrected chi connectivity index (χ3v) is 7.46. The Morgan fingerprint density at radius 3 is 1.86 bits per heavy atom. The highest BCUT2D eigenvalue weighted by atomic mass is 31.1. The van der Waals surface area contributed by atoms with Crippen molar-refractivity contribution in [2.45, 2.75) is 19.4 Å². The van der Waals surface area contributed by atoms with Crippen molar-refractivity contribution in [1.82, 2.24) is 0 Å². The molecular formula is C26H24NP. The van der Waals surface area contributed by atoms with Crippen LogP contribution in [0.25, 0.3) is 0 Å². The Hall–Kier alpha value is -2.76. The Balaban J connectivity index is 1.65. The smallest absolute Gasteiger partial charge is 0.0724 e. The van der Waals surface area contributed by atoms with Gasteiger partial charge in [0.1, 0.15) is 0 Å². The lowest BCUT2D eigenvalue weighted by atomic mass is 10.1.